The number of carbonyl (C=O) groups is 1. The lowest BCUT2D eigenvalue weighted by Gasteiger charge is -2.26. The van der Waals surface area contributed by atoms with Crippen molar-refractivity contribution in [3.05, 3.63) is 54.0 Å². The first-order chi connectivity index (χ1) is 17.5. The number of carboxylic acids is 1. The number of hydrogen-bond acceptors (Lipinski definition) is 8. The van der Waals surface area contributed by atoms with Crippen molar-refractivity contribution in [1.29, 1.82) is 0 Å². The predicted molar refractivity (Wildman–Crippen MR) is 141 cm³/mol. The summed E-state index contributed by atoms with van der Waals surface area (Å²) in [6.07, 6.45) is 6.41. The molecular formula is C27H36N6O3. The SMILES string of the molecule is C[C@H](O)CN(CCCCc1ccc2c(n1)NCCC2)CC[C@H](Nc1ncnc2ccccc12)C(=O)O. The fourth-order valence-electron chi connectivity index (χ4n) is 4.67. The predicted octanol–water partition coefficient (Wildman–Crippen LogP) is 3.34. The van der Waals surface area contributed by atoms with Crippen molar-refractivity contribution in [1.82, 2.24) is 19.9 Å². The first-order valence-corrected chi connectivity index (χ1v) is 12.8. The summed E-state index contributed by atoms with van der Waals surface area (Å²) >= 11 is 0. The summed E-state index contributed by atoms with van der Waals surface area (Å²) in [5.41, 5.74) is 3.15. The second-order valence-electron chi connectivity index (χ2n) is 9.51. The van der Waals surface area contributed by atoms with E-state index in [4.69, 9.17) is 4.98 Å². The van der Waals surface area contributed by atoms with Crippen LogP contribution in [0.1, 0.15) is 43.9 Å². The third-order valence-electron chi connectivity index (χ3n) is 6.52. The fraction of sp³-hybridized carbons (Fsp3) is 0.481. The molecule has 1 aliphatic rings. The summed E-state index contributed by atoms with van der Waals surface area (Å²) in [6.45, 7) is 4.59. The lowest BCUT2D eigenvalue weighted by molar-refractivity contribution is -0.138. The number of hydrogen-bond donors (Lipinski definition) is 4. The van der Waals surface area contributed by atoms with Gasteiger partial charge in [-0.25, -0.2) is 19.7 Å². The second-order valence-corrected chi connectivity index (χ2v) is 9.51. The zero-order valence-electron chi connectivity index (χ0n) is 20.9. The fourth-order valence-corrected chi connectivity index (χ4v) is 4.67. The summed E-state index contributed by atoms with van der Waals surface area (Å²) in [5.74, 6) is 0.613. The third-order valence-corrected chi connectivity index (χ3v) is 6.52. The molecule has 0 aliphatic carbocycles. The van der Waals surface area contributed by atoms with E-state index in [1.807, 2.05) is 24.3 Å². The number of pyridine rings is 1. The van der Waals surface area contributed by atoms with Crippen LogP contribution in [0.4, 0.5) is 11.6 Å². The highest BCUT2D eigenvalue weighted by atomic mass is 16.4. The maximum absolute atomic E-state index is 12.0. The van der Waals surface area contributed by atoms with Crippen LogP contribution in [-0.2, 0) is 17.6 Å². The molecule has 9 heteroatoms. The monoisotopic (exact) mass is 492 g/mol. The summed E-state index contributed by atoms with van der Waals surface area (Å²) in [5, 5.41) is 27.1. The van der Waals surface area contributed by atoms with Crippen molar-refractivity contribution in [2.45, 2.75) is 57.6 Å². The number of benzene rings is 1. The van der Waals surface area contributed by atoms with Gasteiger partial charge in [-0.2, -0.15) is 0 Å². The number of rotatable bonds is 13. The van der Waals surface area contributed by atoms with Crippen molar-refractivity contribution in [3.8, 4) is 0 Å². The van der Waals surface area contributed by atoms with E-state index in [1.165, 1.54) is 11.9 Å². The summed E-state index contributed by atoms with van der Waals surface area (Å²) in [7, 11) is 0. The molecular weight excluding hydrogens is 456 g/mol. The van der Waals surface area contributed by atoms with E-state index in [0.29, 0.717) is 25.3 Å². The highest BCUT2D eigenvalue weighted by Crippen LogP contribution is 2.21. The zero-order chi connectivity index (χ0) is 25.3. The molecule has 2 atom stereocenters. The number of nitrogens with zero attached hydrogens (tertiary/aromatic N) is 4. The Morgan fingerprint density at radius 2 is 2.03 bits per heavy atom. The number of para-hydroxylation sites is 1. The maximum Gasteiger partial charge on any atom is 0.326 e. The molecule has 3 heterocycles. The van der Waals surface area contributed by atoms with Gasteiger partial charge in [-0.05, 0) is 75.8 Å². The normalized spacial score (nSPS) is 14.8. The quantitative estimate of drug-likeness (QED) is 0.266. The van der Waals surface area contributed by atoms with Crippen molar-refractivity contribution in [3.63, 3.8) is 0 Å². The average molecular weight is 493 g/mol. The van der Waals surface area contributed by atoms with Gasteiger partial charge in [-0.15, -0.1) is 0 Å². The van der Waals surface area contributed by atoms with E-state index in [1.54, 1.807) is 6.92 Å². The largest absolute Gasteiger partial charge is 0.480 e. The third kappa shape index (κ3) is 7.11. The van der Waals surface area contributed by atoms with Crippen LogP contribution in [0.2, 0.25) is 0 Å². The van der Waals surface area contributed by atoms with Crippen LogP contribution in [0, 0.1) is 0 Å². The molecule has 36 heavy (non-hydrogen) atoms. The van der Waals surface area contributed by atoms with Crippen molar-refractivity contribution >= 4 is 28.5 Å². The summed E-state index contributed by atoms with van der Waals surface area (Å²) in [6, 6.07) is 11.0. The molecule has 3 aromatic rings. The van der Waals surface area contributed by atoms with Crippen molar-refractivity contribution in [2.24, 2.45) is 0 Å². The molecule has 0 amide bonds. The number of carboxylic acid groups (broad SMARTS) is 1. The Hall–Kier alpha value is -3.30. The second kappa shape index (κ2) is 12.6. The molecule has 0 fully saturated rings. The number of nitrogens with one attached hydrogen (secondary N) is 2. The van der Waals surface area contributed by atoms with E-state index in [-0.39, 0.29) is 0 Å². The maximum atomic E-state index is 12.0. The molecule has 0 bridgehead atoms. The lowest BCUT2D eigenvalue weighted by atomic mass is 10.1. The van der Waals surface area contributed by atoms with Crippen LogP contribution in [0.3, 0.4) is 0 Å². The molecule has 0 saturated carbocycles. The molecule has 2 aromatic heterocycles. The van der Waals surface area contributed by atoms with E-state index in [9.17, 15) is 15.0 Å². The van der Waals surface area contributed by atoms with Gasteiger partial charge in [0.15, 0.2) is 0 Å². The standard InChI is InChI=1S/C27H36N6O3/c1-19(34)17-33(15-5-4-8-21-12-11-20-7-6-14-28-25(20)31-21)16-13-24(27(35)36)32-26-22-9-2-3-10-23(22)29-18-30-26/h2-3,9-12,18-19,24,34H,4-8,13-17H2,1H3,(H,28,31)(H,35,36)(H,29,30,32)/t19-,24-/m0/s1. The molecule has 1 aromatic carbocycles. The molecule has 4 N–H and O–H groups in total. The minimum Gasteiger partial charge on any atom is -0.480 e. The minimum atomic E-state index is -0.929. The van der Waals surface area contributed by atoms with Gasteiger partial charge in [0.05, 0.1) is 11.6 Å². The van der Waals surface area contributed by atoms with Crippen LogP contribution >= 0.6 is 0 Å². The van der Waals surface area contributed by atoms with Crippen LogP contribution in [0.15, 0.2) is 42.7 Å². The van der Waals surface area contributed by atoms with Crippen LogP contribution in [-0.4, -0.2) is 74.4 Å². The molecule has 4 rings (SSSR count). The molecule has 0 radical (unpaired) electrons. The molecule has 0 unspecified atom stereocenters. The number of aromatic nitrogens is 3. The Kier molecular flexibility index (Phi) is 9.02. The highest BCUT2D eigenvalue weighted by Gasteiger charge is 2.21. The van der Waals surface area contributed by atoms with E-state index < -0.39 is 18.1 Å². The van der Waals surface area contributed by atoms with Crippen molar-refractivity contribution in [2.75, 3.05) is 36.8 Å². The molecule has 0 saturated heterocycles. The Labute approximate surface area is 212 Å². The Balaban J connectivity index is 1.30. The van der Waals surface area contributed by atoms with Crippen molar-refractivity contribution < 1.29 is 15.0 Å². The summed E-state index contributed by atoms with van der Waals surface area (Å²) in [4.78, 5) is 27.4. The van der Waals surface area contributed by atoms with E-state index in [0.717, 1.165) is 67.6 Å². The number of unbranched alkanes of at least 4 members (excludes halogenated alkanes) is 1. The first-order valence-electron chi connectivity index (χ1n) is 12.8. The van der Waals surface area contributed by atoms with Gasteiger partial charge in [0.1, 0.15) is 24.0 Å². The van der Waals surface area contributed by atoms with Gasteiger partial charge in [0.2, 0.25) is 0 Å². The number of aryl methyl sites for hydroxylation is 2. The Bertz CT molecular complexity index is 1150. The van der Waals surface area contributed by atoms with Crippen LogP contribution < -0.4 is 10.6 Å². The van der Waals surface area contributed by atoms with Gasteiger partial charge in [-0.3, -0.25) is 0 Å². The van der Waals surface area contributed by atoms with Gasteiger partial charge in [-0.1, -0.05) is 18.2 Å². The van der Waals surface area contributed by atoms with Crippen LogP contribution in [0.25, 0.3) is 10.9 Å². The molecule has 0 spiro atoms. The van der Waals surface area contributed by atoms with Gasteiger partial charge < -0.3 is 25.7 Å². The Morgan fingerprint density at radius 3 is 2.86 bits per heavy atom. The smallest absolute Gasteiger partial charge is 0.326 e. The van der Waals surface area contributed by atoms with Gasteiger partial charge >= 0.3 is 5.97 Å². The highest BCUT2D eigenvalue weighted by molar-refractivity contribution is 5.90. The average Bonchev–Trinajstić information content (AvgIpc) is 2.88. The molecule has 192 valence electrons. The Morgan fingerprint density at radius 1 is 1.17 bits per heavy atom. The zero-order valence-corrected chi connectivity index (χ0v) is 20.9. The topological polar surface area (TPSA) is 124 Å². The molecule has 1 aliphatic heterocycles. The number of aliphatic hydroxyl groups is 1. The number of fused-ring (bicyclic) bond motifs is 2. The number of aliphatic carboxylic acids is 1. The van der Waals surface area contributed by atoms with E-state index in [2.05, 4.69) is 37.6 Å². The number of anilines is 2. The molecule has 9 nitrogen and oxygen atoms in total. The minimum absolute atomic E-state index is 0.387. The lowest BCUT2D eigenvalue weighted by Crippen LogP contribution is -2.38. The van der Waals surface area contributed by atoms with Crippen LogP contribution in [0.5, 0.6) is 0 Å². The first kappa shape index (κ1) is 25.8. The van der Waals surface area contributed by atoms with E-state index >= 15 is 0 Å². The van der Waals surface area contributed by atoms with Gasteiger partial charge in [0.25, 0.3) is 0 Å². The van der Waals surface area contributed by atoms with Gasteiger partial charge in [0, 0.05) is 30.7 Å². The number of aliphatic hydroxyl groups excluding tert-OH is 1. The summed E-state index contributed by atoms with van der Waals surface area (Å²) < 4.78 is 0.